The molecule has 2 aromatic rings. The highest BCUT2D eigenvalue weighted by Gasteiger charge is 2.05. The van der Waals surface area contributed by atoms with Gasteiger partial charge in [0.05, 0.1) is 0 Å². The summed E-state index contributed by atoms with van der Waals surface area (Å²) in [5, 5.41) is 0. The summed E-state index contributed by atoms with van der Waals surface area (Å²) in [6.45, 7) is 1.83. The lowest BCUT2D eigenvalue weighted by atomic mass is 10.2. The fourth-order valence-corrected chi connectivity index (χ4v) is 1.24. The molecule has 2 rings (SSSR count). The smallest absolute Gasteiger partial charge is 0.149 e. The van der Waals surface area contributed by atoms with Crippen LogP contribution in [-0.2, 0) is 0 Å². The van der Waals surface area contributed by atoms with E-state index in [0.717, 1.165) is 5.69 Å². The summed E-state index contributed by atoms with van der Waals surface area (Å²) in [6, 6.07) is 6.62. The SMILES string of the molecule is Cc1ccc(F)c(-c2cccnc2)n1. The Bertz CT molecular complexity index is 440. The van der Waals surface area contributed by atoms with Gasteiger partial charge in [0.15, 0.2) is 0 Å². The summed E-state index contributed by atoms with van der Waals surface area (Å²) in [4.78, 5) is 8.05. The number of rotatable bonds is 1. The molecule has 2 heterocycles. The van der Waals surface area contributed by atoms with E-state index in [1.165, 1.54) is 6.07 Å². The van der Waals surface area contributed by atoms with Gasteiger partial charge in [0.25, 0.3) is 0 Å². The topological polar surface area (TPSA) is 25.8 Å². The van der Waals surface area contributed by atoms with Crippen LogP contribution in [0.2, 0.25) is 0 Å². The van der Waals surface area contributed by atoms with Crippen LogP contribution in [0.3, 0.4) is 0 Å². The van der Waals surface area contributed by atoms with Gasteiger partial charge in [-0.05, 0) is 31.2 Å². The van der Waals surface area contributed by atoms with Gasteiger partial charge in [-0.3, -0.25) is 4.98 Å². The third-order valence-electron chi connectivity index (χ3n) is 1.92. The predicted octanol–water partition coefficient (Wildman–Crippen LogP) is 2.59. The van der Waals surface area contributed by atoms with E-state index < -0.39 is 0 Å². The molecule has 3 heteroatoms. The van der Waals surface area contributed by atoms with Crippen molar-refractivity contribution >= 4 is 0 Å². The molecular weight excluding hydrogens is 179 g/mol. The average Bonchev–Trinajstić information content (AvgIpc) is 2.23. The second kappa shape index (κ2) is 3.54. The Hall–Kier alpha value is -1.77. The van der Waals surface area contributed by atoms with Crippen molar-refractivity contribution in [3.63, 3.8) is 0 Å². The molecule has 14 heavy (non-hydrogen) atoms. The van der Waals surface area contributed by atoms with Crippen LogP contribution in [0.4, 0.5) is 4.39 Å². The van der Waals surface area contributed by atoms with Crippen LogP contribution in [0, 0.1) is 12.7 Å². The highest BCUT2D eigenvalue weighted by molar-refractivity contribution is 5.58. The van der Waals surface area contributed by atoms with Gasteiger partial charge in [-0.2, -0.15) is 0 Å². The molecule has 0 fully saturated rings. The third-order valence-corrected chi connectivity index (χ3v) is 1.92. The average molecular weight is 188 g/mol. The van der Waals surface area contributed by atoms with Crippen LogP contribution in [0.15, 0.2) is 36.7 Å². The summed E-state index contributed by atoms with van der Waals surface area (Å²) in [6.07, 6.45) is 3.25. The van der Waals surface area contributed by atoms with Crippen molar-refractivity contribution in [2.45, 2.75) is 6.92 Å². The molecule has 2 aromatic heterocycles. The van der Waals surface area contributed by atoms with Crippen LogP contribution >= 0.6 is 0 Å². The molecule has 0 unspecified atom stereocenters. The fraction of sp³-hybridized carbons (Fsp3) is 0.0909. The number of pyridine rings is 2. The lowest BCUT2D eigenvalue weighted by Gasteiger charge is -2.02. The number of halogens is 1. The zero-order valence-corrected chi connectivity index (χ0v) is 7.74. The van der Waals surface area contributed by atoms with Crippen molar-refractivity contribution in [3.05, 3.63) is 48.2 Å². The zero-order chi connectivity index (χ0) is 9.97. The van der Waals surface area contributed by atoms with E-state index in [1.54, 1.807) is 30.6 Å². The van der Waals surface area contributed by atoms with E-state index in [4.69, 9.17) is 0 Å². The minimum absolute atomic E-state index is 0.316. The van der Waals surface area contributed by atoms with Gasteiger partial charge in [0.1, 0.15) is 11.5 Å². The highest BCUT2D eigenvalue weighted by atomic mass is 19.1. The van der Waals surface area contributed by atoms with Crippen molar-refractivity contribution in [3.8, 4) is 11.3 Å². The molecule has 0 amide bonds. The van der Waals surface area contributed by atoms with Gasteiger partial charge in [0.2, 0.25) is 0 Å². The summed E-state index contributed by atoms with van der Waals surface area (Å²) in [5.41, 5.74) is 1.86. The second-order valence-corrected chi connectivity index (χ2v) is 3.02. The number of nitrogens with zero attached hydrogens (tertiary/aromatic N) is 2. The molecule has 2 nitrogen and oxygen atoms in total. The third kappa shape index (κ3) is 1.62. The molecule has 0 aliphatic heterocycles. The Balaban J connectivity index is 2.57. The Kier molecular flexibility index (Phi) is 2.23. The van der Waals surface area contributed by atoms with Gasteiger partial charge in [-0.1, -0.05) is 0 Å². The van der Waals surface area contributed by atoms with Crippen LogP contribution in [-0.4, -0.2) is 9.97 Å². The molecule has 0 N–H and O–H groups in total. The van der Waals surface area contributed by atoms with Gasteiger partial charge in [0, 0.05) is 23.7 Å². The number of hydrogen-bond donors (Lipinski definition) is 0. The number of hydrogen-bond acceptors (Lipinski definition) is 2. The predicted molar refractivity (Wildman–Crippen MR) is 52.2 cm³/mol. The van der Waals surface area contributed by atoms with E-state index in [9.17, 15) is 4.39 Å². The zero-order valence-electron chi connectivity index (χ0n) is 7.74. The first-order valence-electron chi connectivity index (χ1n) is 4.31. The standard InChI is InChI=1S/C11H9FN2/c1-8-4-5-10(12)11(14-8)9-3-2-6-13-7-9/h2-7H,1H3. The molecule has 0 bridgehead atoms. The van der Waals surface area contributed by atoms with Crippen molar-refractivity contribution in [2.75, 3.05) is 0 Å². The molecule has 0 aliphatic carbocycles. The van der Waals surface area contributed by atoms with E-state index in [1.807, 2.05) is 6.92 Å². The van der Waals surface area contributed by atoms with Gasteiger partial charge >= 0.3 is 0 Å². The molecule has 0 aliphatic rings. The maximum atomic E-state index is 13.4. The summed E-state index contributed by atoms with van der Waals surface area (Å²) in [7, 11) is 0. The largest absolute Gasteiger partial charge is 0.264 e. The molecule has 0 radical (unpaired) electrons. The van der Waals surface area contributed by atoms with E-state index >= 15 is 0 Å². The molecular formula is C11H9FN2. The second-order valence-electron chi connectivity index (χ2n) is 3.02. The summed E-state index contributed by atoms with van der Waals surface area (Å²) < 4.78 is 13.4. The maximum Gasteiger partial charge on any atom is 0.149 e. The van der Waals surface area contributed by atoms with Gasteiger partial charge in [-0.25, -0.2) is 9.37 Å². The Morgan fingerprint density at radius 1 is 1.21 bits per heavy atom. The Morgan fingerprint density at radius 3 is 2.79 bits per heavy atom. The minimum atomic E-state index is -0.316. The van der Waals surface area contributed by atoms with E-state index in [0.29, 0.717) is 11.3 Å². The lowest BCUT2D eigenvalue weighted by molar-refractivity contribution is 0.624. The fourth-order valence-electron chi connectivity index (χ4n) is 1.24. The molecule has 70 valence electrons. The van der Waals surface area contributed by atoms with Crippen molar-refractivity contribution in [1.82, 2.24) is 9.97 Å². The van der Waals surface area contributed by atoms with Crippen LogP contribution in [0.1, 0.15) is 5.69 Å². The van der Waals surface area contributed by atoms with Crippen molar-refractivity contribution in [1.29, 1.82) is 0 Å². The van der Waals surface area contributed by atoms with Gasteiger partial charge < -0.3 is 0 Å². The number of aryl methyl sites for hydroxylation is 1. The lowest BCUT2D eigenvalue weighted by Crippen LogP contribution is -1.91. The highest BCUT2D eigenvalue weighted by Crippen LogP contribution is 2.19. The molecule has 0 saturated heterocycles. The Labute approximate surface area is 81.5 Å². The molecule has 0 atom stereocenters. The first-order valence-corrected chi connectivity index (χ1v) is 4.31. The van der Waals surface area contributed by atoms with Crippen molar-refractivity contribution in [2.24, 2.45) is 0 Å². The molecule has 0 saturated carbocycles. The van der Waals surface area contributed by atoms with Crippen molar-refractivity contribution < 1.29 is 4.39 Å². The van der Waals surface area contributed by atoms with Crippen LogP contribution in [0.25, 0.3) is 11.3 Å². The quantitative estimate of drug-likeness (QED) is 0.687. The Morgan fingerprint density at radius 2 is 2.07 bits per heavy atom. The van der Waals surface area contributed by atoms with Gasteiger partial charge in [-0.15, -0.1) is 0 Å². The first-order chi connectivity index (χ1) is 6.77. The normalized spacial score (nSPS) is 10.1. The summed E-state index contributed by atoms with van der Waals surface area (Å²) >= 11 is 0. The van der Waals surface area contributed by atoms with Crippen LogP contribution < -0.4 is 0 Å². The van der Waals surface area contributed by atoms with E-state index in [2.05, 4.69) is 9.97 Å². The van der Waals surface area contributed by atoms with Crippen LogP contribution in [0.5, 0.6) is 0 Å². The summed E-state index contributed by atoms with van der Waals surface area (Å²) in [5.74, 6) is -0.316. The maximum absolute atomic E-state index is 13.4. The minimum Gasteiger partial charge on any atom is -0.264 e. The first kappa shape index (κ1) is 8.81. The number of aromatic nitrogens is 2. The van der Waals surface area contributed by atoms with E-state index in [-0.39, 0.29) is 5.82 Å². The monoisotopic (exact) mass is 188 g/mol. The molecule has 0 aromatic carbocycles. The molecule has 0 spiro atoms.